The molecule has 0 heterocycles. The quantitative estimate of drug-likeness (QED) is 0.164. The van der Waals surface area contributed by atoms with Crippen LogP contribution in [-0.4, -0.2) is 12.5 Å². The molecule has 1 amide bonds. The zero-order chi connectivity index (χ0) is 24.7. The van der Waals surface area contributed by atoms with Gasteiger partial charge in [0.1, 0.15) is 18.2 Å². The fourth-order valence-corrected chi connectivity index (χ4v) is 4.22. The van der Waals surface area contributed by atoms with Crippen molar-refractivity contribution in [2.45, 2.75) is 20.5 Å². The lowest BCUT2D eigenvalue weighted by Gasteiger charge is -2.15. The first-order valence-electron chi connectivity index (χ1n) is 10.3. The van der Waals surface area contributed by atoms with Crippen LogP contribution in [0.25, 0.3) is 6.08 Å². The first-order chi connectivity index (χ1) is 16.3. The molecule has 0 spiro atoms. The highest BCUT2D eigenvalue weighted by molar-refractivity contribution is 14.1. The summed E-state index contributed by atoms with van der Waals surface area (Å²) in [4.78, 5) is 12.7. The summed E-state index contributed by atoms with van der Waals surface area (Å²) in [6, 6.07) is 18.1. The van der Waals surface area contributed by atoms with E-state index in [1.54, 1.807) is 30.3 Å². The Morgan fingerprint density at radius 1 is 1.15 bits per heavy atom. The minimum atomic E-state index is -0.531. The van der Waals surface area contributed by atoms with Crippen LogP contribution in [0.1, 0.15) is 23.6 Å². The van der Waals surface area contributed by atoms with Crippen LogP contribution in [-0.2, 0) is 11.4 Å². The van der Waals surface area contributed by atoms with E-state index in [0.717, 1.165) is 14.7 Å². The van der Waals surface area contributed by atoms with Crippen LogP contribution in [0.3, 0.4) is 0 Å². The third kappa shape index (κ3) is 6.89. The smallest absolute Gasteiger partial charge is 0.266 e. The Morgan fingerprint density at radius 2 is 1.94 bits per heavy atom. The topological polar surface area (TPSA) is 71.3 Å². The van der Waals surface area contributed by atoms with Crippen LogP contribution in [0, 0.1) is 21.8 Å². The molecule has 0 bridgehead atoms. The fourth-order valence-electron chi connectivity index (χ4n) is 3.04. The van der Waals surface area contributed by atoms with Crippen molar-refractivity contribution in [2.75, 3.05) is 11.9 Å². The van der Waals surface area contributed by atoms with E-state index in [1.807, 2.05) is 44.2 Å². The van der Waals surface area contributed by atoms with Crippen LogP contribution >= 0.6 is 45.8 Å². The van der Waals surface area contributed by atoms with E-state index in [0.29, 0.717) is 46.0 Å². The van der Waals surface area contributed by atoms with Gasteiger partial charge < -0.3 is 14.8 Å². The van der Waals surface area contributed by atoms with E-state index in [-0.39, 0.29) is 5.57 Å². The molecule has 3 aromatic carbocycles. The third-order valence-corrected chi connectivity index (χ3v) is 6.15. The molecule has 3 aromatic rings. The second-order valence-corrected chi connectivity index (χ2v) is 9.28. The lowest BCUT2D eigenvalue weighted by Crippen LogP contribution is -2.13. The predicted octanol–water partition coefficient (Wildman–Crippen LogP) is 7.43. The zero-order valence-corrected chi connectivity index (χ0v) is 22.2. The lowest BCUT2D eigenvalue weighted by molar-refractivity contribution is -0.112. The summed E-state index contributed by atoms with van der Waals surface area (Å²) in [6.07, 6.45) is 1.51. The molecule has 8 heteroatoms. The number of hydrogen-bond acceptors (Lipinski definition) is 4. The molecule has 0 aliphatic heterocycles. The number of carbonyl (C=O) groups is 1. The Balaban J connectivity index is 1.85. The number of halogens is 3. The molecular weight excluding hydrogens is 586 g/mol. The first kappa shape index (κ1) is 25.9. The maximum atomic E-state index is 12.7. The number of amides is 1. The summed E-state index contributed by atoms with van der Waals surface area (Å²) in [5.41, 5.74) is 2.91. The molecule has 5 nitrogen and oxygen atoms in total. The van der Waals surface area contributed by atoms with Crippen molar-refractivity contribution in [3.05, 3.63) is 90.5 Å². The predicted molar refractivity (Wildman–Crippen MR) is 145 cm³/mol. The van der Waals surface area contributed by atoms with Gasteiger partial charge in [-0.15, -0.1) is 0 Å². The lowest BCUT2D eigenvalue weighted by atomic mass is 10.1. The van der Waals surface area contributed by atoms with Crippen LogP contribution in [0.5, 0.6) is 11.5 Å². The molecule has 0 aliphatic carbocycles. The molecule has 34 heavy (non-hydrogen) atoms. The number of benzene rings is 3. The summed E-state index contributed by atoms with van der Waals surface area (Å²) in [5, 5.41) is 13.5. The van der Waals surface area contributed by atoms with Crippen molar-refractivity contribution in [3.63, 3.8) is 0 Å². The molecular formula is C26H21Cl2IN2O3. The van der Waals surface area contributed by atoms with Crippen molar-refractivity contribution >= 4 is 63.5 Å². The van der Waals surface area contributed by atoms with E-state index in [4.69, 9.17) is 32.7 Å². The summed E-state index contributed by atoms with van der Waals surface area (Å²) < 4.78 is 12.6. The van der Waals surface area contributed by atoms with Gasteiger partial charge in [-0.3, -0.25) is 4.79 Å². The van der Waals surface area contributed by atoms with Gasteiger partial charge in [-0.2, -0.15) is 5.26 Å². The van der Waals surface area contributed by atoms with Crippen molar-refractivity contribution < 1.29 is 14.3 Å². The van der Waals surface area contributed by atoms with Crippen LogP contribution in [0.15, 0.2) is 60.2 Å². The maximum Gasteiger partial charge on any atom is 0.266 e. The molecule has 0 saturated heterocycles. The molecule has 0 atom stereocenters. The van der Waals surface area contributed by atoms with Gasteiger partial charge in [0, 0.05) is 15.7 Å². The second kappa shape index (κ2) is 12.1. The van der Waals surface area contributed by atoms with Crippen LogP contribution in [0.2, 0.25) is 10.0 Å². The maximum absolute atomic E-state index is 12.7. The van der Waals surface area contributed by atoms with Gasteiger partial charge in [0.25, 0.3) is 5.91 Å². The molecule has 3 rings (SSSR count). The summed E-state index contributed by atoms with van der Waals surface area (Å²) in [5.74, 6) is 0.569. The standard InChI is InChI=1S/C26H21Cl2IN2O3/c1-3-33-24-12-18(11-23(29)25(24)34-15-17-5-4-6-20(27)10-17)9-19(14-30)26(32)31-21-8-7-16(2)22(28)13-21/h4-13H,3,15H2,1-2H3,(H,31,32)/b19-9+. The monoisotopic (exact) mass is 606 g/mol. The molecule has 0 aromatic heterocycles. The number of ether oxygens (including phenoxy) is 2. The largest absolute Gasteiger partial charge is 0.490 e. The number of nitrogens with zero attached hydrogens (tertiary/aromatic N) is 1. The van der Waals surface area contributed by atoms with Crippen molar-refractivity contribution in [3.8, 4) is 17.6 Å². The van der Waals surface area contributed by atoms with Crippen molar-refractivity contribution in [1.82, 2.24) is 0 Å². The van der Waals surface area contributed by atoms with Gasteiger partial charge in [-0.1, -0.05) is 41.4 Å². The highest BCUT2D eigenvalue weighted by Crippen LogP contribution is 2.35. The van der Waals surface area contributed by atoms with Crippen molar-refractivity contribution in [1.29, 1.82) is 5.26 Å². The summed E-state index contributed by atoms with van der Waals surface area (Å²) >= 11 is 14.3. The number of nitriles is 1. The van der Waals surface area contributed by atoms with Gasteiger partial charge in [-0.05, 0) is 95.6 Å². The Morgan fingerprint density at radius 3 is 2.62 bits per heavy atom. The van der Waals surface area contributed by atoms with Crippen molar-refractivity contribution in [2.24, 2.45) is 0 Å². The molecule has 0 saturated carbocycles. The summed E-state index contributed by atoms with van der Waals surface area (Å²) in [7, 11) is 0. The first-order valence-corrected chi connectivity index (χ1v) is 12.2. The SMILES string of the molecule is CCOc1cc(/C=C(\C#N)C(=O)Nc2ccc(C)c(Cl)c2)cc(I)c1OCc1cccc(Cl)c1. The van der Waals surface area contributed by atoms with Crippen LogP contribution in [0.4, 0.5) is 5.69 Å². The molecule has 0 aliphatic rings. The minimum Gasteiger partial charge on any atom is -0.490 e. The fraction of sp³-hybridized carbons (Fsp3) is 0.154. The average molecular weight is 607 g/mol. The van der Waals surface area contributed by atoms with Gasteiger partial charge in [0.2, 0.25) is 0 Å². The summed E-state index contributed by atoms with van der Waals surface area (Å²) in [6.45, 7) is 4.48. The van der Waals surface area contributed by atoms with Crippen LogP contribution < -0.4 is 14.8 Å². The molecule has 1 N–H and O–H groups in total. The van der Waals surface area contributed by atoms with Gasteiger partial charge in [0.15, 0.2) is 11.5 Å². The van der Waals surface area contributed by atoms with Gasteiger partial charge in [0.05, 0.1) is 10.2 Å². The molecule has 174 valence electrons. The number of rotatable bonds is 8. The molecule has 0 unspecified atom stereocenters. The van der Waals surface area contributed by atoms with E-state index >= 15 is 0 Å². The Kier molecular flexibility index (Phi) is 9.22. The van der Waals surface area contributed by atoms with E-state index < -0.39 is 5.91 Å². The highest BCUT2D eigenvalue weighted by atomic mass is 127. The third-order valence-electron chi connectivity index (χ3n) is 4.71. The Labute approximate surface area is 222 Å². The Hall–Kier alpha value is -2.73. The minimum absolute atomic E-state index is 0.0532. The number of nitrogens with one attached hydrogen (secondary N) is 1. The second-order valence-electron chi connectivity index (χ2n) is 7.27. The molecule has 0 fully saturated rings. The number of anilines is 1. The van der Waals surface area contributed by atoms with E-state index in [9.17, 15) is 10.1 Å². The Bertz CT molecular complexity index is 1290. The zero-order valence-electron chi connectivity index (χ0n) is 18.5. The van der Waals surface area contributed by atoms with E-state index in [2.05, 4.69) is 27.9 Å². The number of hydrogen-bond donors (Lipinski definition) is 1. The molecule has 0 radical (unpaired) electrons. The highest BCUT2D eigenvalue weighted by Gasteiger charge is 2.15. The number of aryl methyl sites for hydroxylation is 1. The van der Waals surface area contributed by atoms with E-state index in [1.165, 1.54) is 6.08 Å². The van der Waals surface area contributed by atoms with Gasteiger partial charge in [-0.25, -0.2) is 0 Å². The number of carbonyl (C=O) groups excluding carboxylic acids is 1. The normalized spacial score (nSPS) is 11.0. The average Bonchev–Trinajstić information content (AvgIpc) is 2.79. The van der Waals surface area contributed by atoms with Gasteiger partial charge >= 0.3 is 0 Å².